The van der Waals surface area contributed by atoms with E-state index in [2.05, 4.69) is 22.5 Å². The molecule has 0 spiro atoms. The summed E-state index contributed by atoms with van der Waals surface area (Å²) in [5.74, 6) is 0.252. The number of aromatic nitrogens is 2. The first kappa shape index (κ1) is 22.2. The molecular weight excluding hydrogens is 437 g/mol. The van der Waals surface area contributed by atoms with E-state index in [1.54, 1.807) is 13.0 Å². The predicted octanol–water partition coefficient (Wildman–Crippen LogP) is 3.64. The van der Waals surface area contributed by atoms with Crippen LogP contribution in [0.1, 0.15) is 34.5 Å². The van der Waals surface area contributed by atoms with E-state index in [4.69, 9.17) is 14.5 Å². The third-order valence-electron chi connectivity index (χ3n) is 6.11. The van der Waals surface area contributed by atoms with Crippen LogP contribution in [0.3, 0.4) is 0 Å². The lowest BCUT2D eigenvalue weighted by Gasteiger charge is -2.36. The number of fused-ring (bicyclic) bond motifs is 1. The smallest absolute Gasteiger partial charge is 0.258 e. The summed E-state index contributed by atoms with van der Waals surface area (Å²) >= 11 is 0. The van der Waals surface area contributed by atoms with E-state index in [-0.39, 0.29) is 17.8 Å². The van der Waals surface area contributed by atoms with Crippen molar-refractivity contribution in [2.24, 2.45) is 0 Å². The van der Waals surface area contributed by atoms with E-state index in [1.807, 2.05) is 35.2 Å². The van der Waals surface area contributed by atoms with E-state index < -0.39 is 6.29 Å². The molecule has 0 bridgehead atoms. The summed E-state index contributed by atoms with van der Waals surface area (Å²) in [7, 11) is 0. The second kappa shape index (κ2) is 9.36. The van der Waals surface area contributed by atoms with Gasteiger partial charge in [0.15, 0.2) is 6.29 Å². The summed E-state index contributed by atoms with van der Waals surface area (Å²) in [6, 6.07) is 14.4. The SMILES string of the molecule is Cc1cc(F)ccc1-c1nc(NCC2OCCO2)nc2c1C(=O)NCN2[C@@H](C)c1ccccc1. The number of carbonyl (C=O) groups is 1. The molecule has 34 heavy (non-hydrogen) atoms. The fourth-order valence-corrected chi connectivity index (χ4v) is 4.28. The van der Waals surface area contributed by atoms with Crippen LogP contribution in [0.5, 0.6) is 0 Å². The molecule has 1 amide bonds. The number of hydrogen-bond donors (Lipinski definition) is 2. The Kier molecular flexibility index (Phi) is 6.12. The minimum Gasteiger partial charge on any atom is -0.349 e. The molecule has 0 saturated carbocycles. The molecule has 8 nitrogen and oxygen atoms in total. The van der Waals surface area contributed by atoms with E-state index in [0.29, 0.717) is 60.6 Å². The minimum absolute atomic E-state index is 0.0630. The van der Waals surface area contributed by atoms with Crippen molar-refractivity contribution in [2.45, 2.75) is 26.2 Å². The van der Waals surface area contributed by atoms with E-state index in [0.717, 1.165) is 5.56 Å². The molecule has 2 N–H and O–H groups in total. The second-order valence-electron chi connectivity index (χ2n) is 8.33. The van der Waals surface area contributed by atoms with Gasteiger partial charge < -0.3 is 25.0 Å². The van der Waals surface area contributed by atoms with Gasteiger partial charge >= 0.3 is 0 Å². The van der Waals surface area contributed by atoms with Crippen LogP contribution in [0.2, 0.25) is 0 Å². The van der Waals surface area contributed by atoms with E-state index in [9.17, 15) is 9.18 Å². The summed E-state index contributed by atoms with van der Waals surface area (Å²) in [6.07, 6.45) is -0.390. The number of benzene rings is 2. The first-order valence-electron chi connectivity index (χ1n) is 11.3. The fourth-order valence-electron chi connectivity index (χ4n) is 4.28. The molecule has 3 heterocycles. The number of nitrogens with one attached hydrogen (secondary N) is 2. The van der Waals surface area contributed by atoms with Crippen molar-refractivity contribution in [2.75, 3.05) is 36.6 Å². The van der Waals surface area contributed by atoms with Crippen molar-refractivity contribution in [3.63, 3.8) is 0 Å². The predicted molar refractivity (Wildman–Crippen MR) is 126 cm³/mol. The van der Waals surface area contributed by atoms with Gasteiger partial charge in [0.25, 0.3) is 5.91 Å². The third kappa shape index (κ3) is 4.32. The Morgan fingerprint density at radius 3 is 2.68 bits per heavy atom. The molecule has 1 fully saturated rings. The normalized spacial score (nSPS) is 16.8. The van der Waals surface area contributed by atoms with Gasteiger partial charge in [0, 0.05) is 5.56 Å². The molecule has 0 aliphatic carbocycles. The maximum absolute atomic E-state index is 13.8. The van der Waals surface area contributed by atoms with Gasteiger partial charge in [0.05, 0.1) is 38.2 Å². The number of hydrogen-bond acceptors (Lipinski definition) is 7. The number of amides is 1. The van der Waals surface area contributed by atoms with E-state index >= 15 is 0 Å². The zero-order chi connectivity index (χ0) is 23.7. The molecule has 3 aromatic rings. The van der Waals surface area contributed by atoms with Crippen LogP contribution in [0.4, 0.5) is 16.2 Å². The first-order valence-corrected chi connectivity index (χ1v) is 11.3. The largest absolute Gasteiger partial charge is 0.349 e. The molecular formula is C25H26FN5O3. The number of anilines is 2. The Labute approximate surface area is 197 Å². The molecule has 2 aliphatic rings. The second-order valence-corrected chi connectivity index (χ2v) is 8.33. The number of halogens is 1. The number of rotatable bonds is 6. The van der Waals surface area contributed by atoms with Gasteiger partial charge in [-0.25, -0.2) is 9.37 Å². The lowest BCUT2D eigenvalue weighted by atomic mass is 9.98. The zero-order valence-electron chi connectivity index (χ0n) is 19.0. The van der Waals surface area contributed by atoms with Gasteiger partial charge in [0.1, 0.15) is 17.2 Å². The van der Waals surface area contributed by atoms with Gasteiger partial charge in [-0.2, -0.15) is 4.98 Å². The van der Waals surface area contributed by atoms with Crippen LogP contribution in [-0.4, -0.2) is 48.6 Å². The molecule has 9 heteroatoms. The number of nitrogens with zero attached hydrogens (tertiary/aromatic N) is 3. The maximum atomic E-state index is 13.8. The van der Waals surface area contributed by atoms with Crippen molar-refractivity contribution in [3.8, 4) is 11.3 Å². The molecule has 2 aromatic carbocycles. The van der Waals surface area contributed by atoms with Gasteiger partial charge in [-0.1, -0.05) is 30.3 Å². The number of ether oxygens (including phenoxy) is 2. The van der Waals surface area contributed by atoms with Crippen molar-refractivity contribution in [1.82, 2.24) is 15.3 Å². The van der Waals surface area contributed by atoms with Gasteiger partial charge in [-0.15, -0.1) is 0 Å². The lowest BCUT2D eigenvalue weighted by molar-refractivity contribution is -0.0300. The third-order valence-corrected chi connectivity index (χ3v) is 6.11. The van der Waals surface area contributed by atoms with Crippen LogP contribution in [0, 0.1) is 12.7 Å². The topological polar surface area (TPSA) is 88.6 Å². The van der Waals surface area contributed by atoms with Crippen LogP contribution in [0.15, 0.2) is 48.5 Å². The molecule has 176 valence electrons. The minimum atomic E-state index is -0.390. The highest BCUT2D eigenvalue weighted by Gasteiger charge is 2.33. The highest BCUT2D eigenvalue weighted by molar-refractivity contribution is 6.06. The van der Waals surface area contributed by atoms with Crippen molar-refractivity contribution < 1.29 is 18.7 Å². The van der Waals surface area contributed by atoms with Crippen molar-refractivity contribution in [3.05, 3.63) is 71.0 Å². The maximum Gasteiger partial charge on any atom is 0.258 e. The Hall–Kier alpha value is -3.56. The van der Waals surface area contributed by atoms with Crippen LogP contribution in [0.25, 0.3) is 11.3 Å². The highest BCUT2D eigenvalue weighted by Crippen LogP contribution is 2.37. The van der Waals surface area contributed by atoms with Crippen molar-refractivity contribution in [1.29, 1.82) is 0 Å². The Morgan fingerprint density at radius 2 is 1.94 bits per heavy atom. The molecule has 1 saturated heterocycles. The monoisotopic (exact) mass is 463 g/mol. The highest BCUT2D eigenvalue weighted by atomic mass is 19.1. The number of carbonyl (C=O) groups excluding carboxylic acids is 1. The summed E-state index contributed by atoms with van der Waals surface area (Å²) in [5, 5.41) is 6.14. The van der Waals surface area contributed by atoms with Crippen LogP contribution >= 0.6 is 0 Å². The summed E-state index contributed by atoms with van der Waals surface area (Å²) in [4.78, 5) is 24.5. The quantitative estimate of drug-likeness (QED) is 0.577. The molecule has 0 radical (unpaired) electrons. The van der Waals surface area contributed by atoms with Crippen molar-refractivity contribution >= 4 is 17.7 Å². The summed E-state index contributed by atoms with van der Waals surface area (Å²) in [5.41, 5.74) is 3.24. The van der Waals surface area contributed by atoms with Crippen LogP contribution in [-0.2, 0) is 9.47 Å². The zero-order valence-corrected chi connectivity index (χ0v) is 19.0. The average Bonchev–Trinajstić information content (AvgIpc) is 3.36. The fraction of sp³-hybridized carbons (Fsp3) is 0.320. The lowest BCUT2D eigenvalue weighted by Crippen LogP contribution is -2.45. The molecule has 2 aliphatic heterocycles. The molecule has 5 rings (SSSR count). The number of aryl methyl sites for hydroxylation is 1. The summed E-state index contributed by atoms with van der Waals surface area (Å²) in [6.45, 7) is 5.61. The van der Waals surface area contributed by atoms with Gasteiger partial charge in [-0.05, 0) is 43.2 Å². The molecule has 1 aromatic heterocycles. The Balaban J connectivity index is 1.62. The molecule has 0 unspecified atom stereocenters. The average molecular weight is 464 g/mol. The Bertz CT molecular complexity index is 1200. The Morgan fingerprint density at radius 1 is 1.18 bits per heavy atom. The standard InChI is InChI=1S/C25H26FN5O3/c1-15-12-18(26)8-9-19(15)22-21-23(30-25(29-22)27-13-20-33-10-11-34-20)31(14-28-24(21)32)16(2)17-6-4-3-5-7-17/h3-9,12,16,20H,10-11,13-14H2,1-2H3,(H,28,32)(H,27,29,30)/t16-/m0/s1. The van der Waals surface area contributed by atoms with E-state index in [1.165, 1.54) is 12.1 Å². The van der Waals surface area contributed by atoms with Crippen LogP contribution < -0.4 is 15.5 Å². The first-order chi connectivity index (χ1) is 16.5. The summed E-state index contributed by atoms with van der Waals surface area (Å²) < 4.78 is 24.9. The van der Waals surface area contributed by atoms with Gasteiger partial charge in [-0.3, -0.25) is 4.79 Å². The van der Waals surface area contributed by atoms with Gasteiger partial charge in [0.2, 0.25) is 5.95 Å². The molecule has 1 atom stereocenters.